The van der Waals surface area contributed by atoms with E-state index in [9.17, 15) is 4.79 Å². The molecule has 86 valence electrons. The first-order valence-electron chi connectivity index (χ1n) is 5.23. The maximum Gasteiger partial charge on any atom is 0.150 e. The van der Waals surface area contributed by atoms with Crippen LogP contribution >= 0.6 is 27.3 Å². The van der Waals surface area contributed by atoms with Gasteiger partial charge in [-0.05, 0) is 29.1 Å². The Hall–Kier alpha value is -1.19. The number of carbonyl (C=O) groups excluding carboxylic acids is 1. The molecule has 0 atom stereocenters. The van der Waals surface area contributed by atoms with E-state index in [1.54, 1.807) is 11.3 Å². The van der Waals surface area contributed by atoms with E-state index in [1.807, 2.05) is 41.8 Å². The Labute approximate surface area is 113 Å². The molecule has 0 aliphatic carbocycles. The molecule has 2 aromatic rings. The fraction of sp³-hybridized carbons (Fsp3) is 0.0714. The average molecular weight is 307 g/mol. The Balaban J connectivity index is 2.21. The first kappa shape index (κ1) is 12.3. The van der Waals surface area contributed by atoms with Gasteiger partial charge in [0, 0.05) is 21.3 Å². The highest BCUT2D eigenvalue weighted by Crippen LogP contribution is 2.19. The van der Waals surface area contributed by atoms with Gasteiger partial charge < -0.3 is 0 Å². The molecule has 0 aliphatic heterocycles. The first-order chi connectivity index (χ1) is 8.29. The molecule has 17 heavy (non-hydrogen) atoms. The lowest BCUT2D eigenvalue weighted by atomic mass is 10.1. The van der Waals surface area contributed by atoms with Crippen molar-refractivity contribution in [2.75, 3.05) is 0 Å². The van der Waals surface area contributed by atoms with Crippen LogP contribution in [0.3, 0.4) is 0 Å². The van der Waals surface area contributed by atoms with Crippen LogP contribution in [-0.4, -0.2) is 6.29 Å². The molecule has 0 N–H and O–H groups in total. The Kier molecular flexibility index (Phi) is 4.29. The minimum absolute atomic E-state index is 0.736. The predicted octanol–water partition coefficient (Wildman–Crippen LogP) is 4.34. The van der Waals surface area contributed by atoms with Gasteiger partial charge in [0.2, 0.25) is 0 Å². The standard InChI is InChI=1S/C14H11BrOS/c15-13-4-1-3-11(9-13)12(10-16)6-7-14-5-2-8-17-14/h1-6,8-10H,7H2. The van der Waals surface area contributed by atoms with Gasteiger partial charge in [-0.1, -0.05) is 40.2 Å². The van der Waals surface area contributed by atoms with E-state index >= 15 is 0 Å². The van der Waals surface area contributed by atoms with Crippen molar-refractivity contribution in [3.8, 4) is 0 Å². The zero-order valence-electron chi connectivity index (χ0n) is 9.10. The summed E-state index contributed by atoms with van der Waals surface area (Å²) in [5.74, 6) is 0. The van der Waals surface area contributed by atoms with Crippen LogP contribution < -0.4 is 0 Å². The van der Waals surface area contributed by atoms with Crippen molar-refractivity contribution in [1.82, 2.24) is 0 Å². The molecule has 0 unspecified atom stereocenters. The molecule has 0 aliphatic rings. The number of hydrogen-bond acceptors (Lipinski definition) is 2. The van der Waals surface area contributed by atoms with Crippen LogP contribution in [0.5, 0.6) is 0 Å². The van der Waals surface area contributed by atoms with Gasteiger partial charge in [0.15, 0.2) is 0 Å². The van der Waals surface area contributed by atoms with Gasteiger partial charge >= 0.3 is 0 Å². The zero-order valence-corrected chi connectivity index (χ0v) is 11.5. The SMILES string of the molecule is O=CC(=CCc1cccs1)c1cccc(Br)c1. The quantitative estimate of drug-likeness (QED) is 0.607. The number of allylic oxidation sites excluding steroid dienone is 2. The average Bonchev–Trinajstić information content (AvgIpc) is 2.83. The van der Waals surface area contributed by atoms with Crippen molar-refractivity contribution in [1.29, 1.82) is 0 Å². The molecule has 0 saturated carbocycles. The maximum atomic E-state index is 11.1. The van der Waals surface area contributed by atoms with E-state index < -0.39 is 0 Å². The maximum absolute atomic E-state index is 11.1. The Bertz CT molecular complexity index is 529. The van der Waals surface area contributed by atoms with Crippen LogP contribution in [-0.2, 0) is 11.2 Å². The summed E-state index contributed by atoms with van der Waals surface area (Å²) in [7, 11) is 0. The van der Waals surface area contributed by atoms with Crippen molar-refractivity contribution >= 4 is 39.1 Å². The third kappa shape index (κ3) is 3.38. The topological polar surface area (TPSA) is 17.1 Å². The van der Waals surface area contributed by atoms with Crippen LogP contribution in [0.1, 0.15) is 10.4 Å². The molecule has 1 aromatic carbocycles. The van der Waals surface area contributed by atoms with Crippen LogP contribution in [0.2, 0.25) is 0 Å². The highest BCUT2D eigenvalue weighted by molar-refractivity contribution is 9.10. The summed E-state index contributed by atoms with van der Waals surface area (Å²) in [5, 5.41) is 2.04. The number of aldehydes is 1. The van der Waals surface area contributed by atoms with Gasteiger partial charge in [-0.25, -0.2) is 0 Å². The largest absolute Gasteiger partial charge is 0.298 e. The third-order valence-corrected chi connectivity index (χ3v) is 3.78. The van der Waals surface area contributed by atoms with Crippen LogP contribution in [0.25, 0.3) is 5.57 Å². The van der Waals surface area contributed by atoms with Gasteiger partial charge in [-0.15, -0.1) is 11.3 Å². The molecule has 0 fully saturated rings. The van der Waals surface area contributed by atoms with Gasteiger partial charge in [-0.2, -0.15) is 0 Å². The van der Waals surface area contributed by atoms with E-state index in [0.717, 1.165) is 28.3 Å². The molecule has 1 heterocycles. The summed E-state index contributed by atoms with van der Waals surface area (Å²) in [6, 6.07) is 11.9. The number of carbonyl (C=O) groups is 1. The van der Waals surface area contributed by atoms with Gasteiger partial charge in [-0.3, -0.25) is 4.79 Å². The van der Waals surface area contributed by atoms with E-state index in [-0.39, 0.29) is 0 Å². The lowest BCUT2D eigenvalue weighted by molar-refractivity contribution is -0.103. The minimum Gasteiger partial charge on any atom is -0.298 e. The minimum atomic E-state index is 0.736. The van der Waals surface area contributed by atoms with Gasteiger partial charge in [0.05, 0.1) is 0 Å². The Morgan fingerprint density at radius 1 is 1.29 bits per heavy atom. The summed E-state index contributed by atoms with van der Waals surface area (Å²) in [5.41, 5.74) is 1.69. The first-order valence-corrected chi connectivity index (χ1v) is 6.90. The van der Waals surface area contributed by atoms with Crippen molar-refractivity contribution in [3.05, 3.63) is 62.8 Å². The van der Waals surface area contributed by atoms with E-state index in [2.05, 4.69) is 22.0 Å². The zero-order chi connectivity index (χ0) is 12.1. The van der Waals surface area contributed by atoms with Gasteiger partial charge in [0.25, 0.3) is 0 Å². The molecule has 0 bridgehead atoms. The molecule has 0 radical (unpaired) electrons. The summed E-state index contributed by atoms with van der Waals surface area (Å²) in [6.07, 6.45) is 3.69. The van der Waals surface area contributed by atoms with Gasteiger partial charge in [0.1, 0.15) is 6.29 Å². The molecule has 0 amide bonds. The lowest BCUT2D eigenvalue weighted by Gasteiger charge is -2.01. The molecule has 2 rings (SSSR count). The monoisotopic (exact) mass is 306 g/mol. The van der Waals surface area contributed by atoms with Crippen LogP contribution in [0.4, 0.5) is 0 Å². The number of thiophene rings is 1. The van der Waals surface area contributed by atoms with Crippen molar-refractivity contribution < 1.29 is 4.79 Å². The second-order valence-electron chi connectivity index (χ2n) is 3.57. The highest BCUT2D eigenvalue weighted by atomic mass is 79.9. The van der Waals surface area contributed by atoms with Crippen molar-refractivity contribution in [3.63, 3.8) is 0 Å². The number of benzene rings is 1. The molecule has 1 nitrogen and oxygen atoms in total. The second kappa shape index (κ2) is 5.94. The lowest BCUT2D eigenvalue weighted by Crippen LogP contribution is -1.87. The van der Waals surface area contributed by atoms with E-state index in [4.69, 9.17) is 0 Å². The summed E-state index contributed by atoms with van der Waals surface area (Å²) in [6.45, 7) is 0. The molecule has 0 saturated heterocycles. The number of halogens is 1. The Morgan fingerprint density at radius 3 is 2.82 bits per heavy atom. The molecular weight excluding hydrogens is 296 g/mol. The second-order valence-corrected chi connectivity index (χ2v) is 5.52. The van der Waals surface area contributed by atoms with Crippen LogP contribution in [0, 0.1) is 0 Å². The summed E-state index contributed by atoms with van der Waals surface area (Å²) < 4.78 is 0.985. The predicted molar refractivity (Wildman–Crippen MR) is 76.2 cm³/mol. The fourth-order valence-corrected chi connectivity index (χ4v) is 2.61. The van der Waals surface area contributed by atoms with Crippen LogP contribution in [0.15, 0.2) is 52.3 Å². The molecular formula is C14H11BrOS. The number of hydrogen-bond donors (Lipinski definition) is 0. The molecule has 0 spiro atoms. The van der Waals surface area contributed by atoms with Crippen molar-refractivity contribution in [2.45, 2.75) is 6.42 Å². The third-order valence-electron chi connectivity index (χ3n) is 2.39. The summed E-state index contributed by atoms with van der Waals surface area (Å²) >= 11 is 5.11. The van der Waals surface area contributed by atoms with E-state index in [0.29, 0.717) is 0 Å². The molecule has 3 heteroatoms. The normalized spacial score (nSPS) is 11.5. The fourth-order valence-electron chi connectivity index (χ4n) is 1.54. The van der Waals surface area contributed by atoms with E-state index in [1.165, 1.54) is 4.88 Å². The Morgan fingerprint density at radius 2 is 2.18 bits per heavy atom. The number of rotatable bonds is 4. The smallest absolute Gasteiger partial charge is 0.150 e. The van der Waals surface area contributed by atoms with Crippen molar-refractivity contribution in [2.24, 2.45) is 0 Å². The highest BCUT2D eigenvalue weighted by Gasteiger charge is 2.01. The molecule has 1 aromatic heterocycles. The summed E-state index contributed by atoms with van der Waals surface area (Å²) in [4.78, 5) is 12.4.